The highest BCUT2D eigenvalue weighted by Crippen LogP contribution is 2.37. The molecule has 1 saturated carbocycles. The van der Waals surface area contributed by atoms with Crippen molar-refractivity contribution in [1.82, 2.24) is 9.97 Å². The number of halogens is 1. The smallest absolute Gasteiger partial charge is 0.329 e. The summed E-state index contributed by atoms with van der Waals surface area (Å²) in [7, 11) is 0. The Bertz CT molecular complexity index is 572. The third-order valence-electron chi connectivity index (χ3n) is 3.88. The second-order valence-electron chi connectivity index (χ2n) is 5.41. The zero-order valence-electron chi connectivity index (χ0n) is 11.4. The number of aliphatic carboxylic acids is 1. The number of carbonyl (C=O) groups is 1. The Kier molecular flexibility index (Phi) is 4.26. The molecule has 0 bridgehead atoms. The number of carboxylic acid groups (broad SMARTS) is 1. The van der Waals surface area contributed by atoms with Crippen LogP contribution in [-0.4, -0.2) is 32.0 Å². The third kappa shape index (κ3) is 3.38. The Labute approximate surface area is 125 Å². The average Bonchev–Trinajstić information content (AvgIpc) is 2.41. The van der Waals surface area contributed by atoms with Gasteiger partial charge in [0, 0.05) is 6.04 Å². The summed E-state index contributed by atoms with van der Waals surface area (Å²) in [6.07, 6.45) is 3.27. The van der Waals surface area contributed by atoms with Gasteiger partial charge in [-0.2, -0.15) is 4.98 Å². The number of aromatic nitrogens is 2. The molecule has 21 heavy (non-hydrogen) atoms. The molecule has 2 N–H and O–H groups in total. The molecule has 9 heteroatoms. The van der Waals surface area contributed by atoms with Gasteiger partial charge in [-0.3, -0.25) is 14.9 Å². The minimum Gasteiger partial charge on any atom is -0.481 e. The fourth-order valence-electron chi connectivity index (χ4n) is 2.40. The molecule has 1 aliphatic rings. The number of hydrogen-bond acceptors (Lipinski definition) is 6. The number of nitrogens with zero attached hydrogens (tertiary/aromatic N) is 3. The fourth-order valence-corrected chi connectivity index (χ4v) is 2.53. The van der Waals surface area contributed by atoms with E-state index in [2.05, 4.69) is 15.3 Å². The Morgan fingerprint density at radius 1 is 1.57 bits per heavy atom. The number of nitro groups is 1. The van der Waals surface area contributed by atoms with Gasteiger partial charge in [-0.15, -0.1) is 0 Å². The van der Waals surface area contributed by atoms with Crippen molar-refractivity contribution in [2.24, 2.45) is 5.41 Å². The molecular weight excluding hydrogens is 300 g/mol. The monoisotopic (exact) mass is 314 g/mol. The predicted molar refractivity (Wildman–Crippen MR) is 75.3 cm³/mol. The van der Waals surface area contributed by atoms with E-state index in [0.717, 1.165) is 6.20 Å². The quantitative estimate of drug-likeness (QED) is 0.498. The zero-order valence-corrected chi connectivity index (χ0v) is 12.1. The molecule has 1 aromatic heterocycles. The van der Waals surface area contributed by atoms with Gasteiger partial charge < -0.3 is 10.4 Å². The van der Waals surface area contributed by atoms with Crippen molar-refractivity contribution in [2.45, 2.75) is 38.6 Å². The summed E-state index contributed by atoms with van der Waals surface area (Å²) in [4.78, 5) is 29.0. The van der Waals surface area contributed by atoms with Gasteiger partial charge in [0.25, 0.3) is 0 Å². The van der Waals surface area contributed by atoms with Crippen LogP contribution in [0.25, 0.3) is 0 Å². The first-order valence-electron chi connectivity index (χ1n) is 6.49. The number of anilines is 1. The predicted octanol–water partition coefficient (Wildman–Crippen LogP) is 2.48. The Morgan fingerprint density at radius 3 is 2.71 bits per heavy atom. The first-order valence-corrected chi connectivity index (χ1v) is 6.86. The molecule has 0 radical (unpaired) electrons. The topological polar surface area (TPSA) is 118 Å². The summed E-state index contributed by atoms with van der Waals surface area (Å²) in [5, 5.41) is 23.0. The van der Waals surface area contributed by atoms with Crippen LogP contribution in [0, 0.1) is 15.5 Å². The summed E-state index contributed by atoms with van der Waals surface area (Å²) in [5.74, 6) is -0.735. The molecule has 1 fully saturated rings. The number of hydrogen-bond donors (Lipinski definition) is 2. The molecule has 1 heterocycles. The van der Waals surface area contributed by atoms with Crippen molar-refractivity contribution in [3.8, 4) is 0 Å². The van der Waals surface area contributed by atoms with Crippen molar-refractivity contribution in [3.63, 3.8) is 0 Å². The van der Waals surface area contributed by atoms with Gasteiger partial charge in [-0.1, -0.05) is 0 Å². The van der Waals surface area contributed by atoms with E-state index in [1.165, 1.54) is 0 Å². The summed E-state index contributed by atoms with van der Waals surface area (Å²) < 4.78 is 0. The summed E-state index contributed by atoms with van der Waals surface area (Å²) in [5.41, 5.74) is -0.973. The van der Waals surface area contributed by atoms with E-state index in [9.17, 15) is 20.0 Å². The highest BCUT2D eigenvalue weighted by molar-refractivity contribution is 6.28. The largest absolute Gasteiger partial charge is 0.481 e. The van der Waals surface area contributed by atoms with Gasteiger partial charge in [0.05, 0.1) is 10.3 Å². The SMILES string of the molecule is C[C@]1(C(=O)O)CC[C@H](Nc2nc(Cl)ncc2[N+](=O)[O-])CC1. The molecule has 1 aliphatic carbocycles. The maximum absolute atomic E-state index is 11.2. The Balaban J connectivity index is 2.09. The highest BCUT2D eigenvalue weighted by atomic mass is 35.5. The molecule has 1 aromatic rings. The Hall–Kier alpha value is -1.96. The molecular formula is C12H15ClN4O4. The van der Waals surface area contributed by atoms with Crippen LogP contribution in [-0.2, 0) is 4.79 Å². The lowest BCUT2D eigenvalue weighted by Gasteiger charge is -2.34. The maximum Gasteiger partial charge on any atom is 0.329 e. The molecule has 0 amide bonds. The normalized spacial score (nSPS) is 25.3. The zero-order chi connectivity index (χ0) is 15.6. The van der Waals surface area contributed by atoms with Crippen LogP contribution in [0.15, 0.2) is 6.20 Å². The second kappa shape index (κ2) is 5.80. The van der Waals surface area contributed by atoms with E-state index >= 15 is 0 Å². The molecule has 0 saturated heterocycles. The van der Waals surface area contributed by atoms with Crippen molar-refractivity contribution >= 4 is 29.1 Å². The minimum absolute atomic E-state index is 0.0675. The molecule has 2 rings (SSSR count). The summed E-state index contributed by atoms with van der Waals surface area (Å²) in [6, 6.07) is -0.0675. The van der Waals surface area contributed by atoms with Crippen LogP contribution in [0.3, 0.4) is 0 Å². The van der Waals surface area contributed by atoms with Crippen molar-refractivity contribution in [2.75, 3.05) is 5.32 Å². The molecule has 0 aliphatic heterocycles. The van der Waals surface area contributed by atoms with Gasteiger partial charge in [0.15, 0.2) is 0 Å². The van der Waals surface area contributed by atoms with Gasteiger partial charge in [-0.25, -0.2) is 4.98 Å². The van der Waals surface area contributed by atoms with E-state index < -0.39 is 16.3 Å². The highest BCUT2D eigenvalue weighted by Gasteiger charge is 2.38. The van der Waals surface area contributed by atoms with E-state index in [-0.39, 0.29) is 22.8 Å². The van der Waals surface area contributed by atoms with Crippen LogP contribution < -0.4 is 5.32 Å². The summed E-state index contributed by atoms with van der Waals surface area (Å²) in [6.45, 7) is 1.72. The van der Waals surface area contributed by atoms with Crippen LogP contribution in [0.1, 0.15) is 32.6 Å². The standard InChI is InChI=1S/C12H15ClN4O4/c1-12(10(18)19)4-2-7(3-5-12)15-9-8(17(20)21)6-14-11(13)16-9/h6-7H,2-5H2,1H3,(H,18,19)(H,14,15,16)/t7-,12-. The minimum atomic E-state index is -0.808. The lowest BCUT2D eigenvalue weighted by molar-refractivity contribution is -0.384. The van der Waals surface area contributed by atoms with Crippen LogP contribution in [0.4, 0.5) is 11.5 Å². The summed E-state index contributed by atoms with van der Waals surface area (Å²) >= 11 is 5.66. The number of rotatable bonds is 4. The molecule has 0 spiro atoms. The van der Waals surface area contributed by atoms with Gasteiger partial charge in [-0.05, 0) is 44.2 Å². The lowest BCUT2D eigenvalue weighted by atomic mass is 9.74. The first kappa shape index (κ1) is 15.4. The number of carboxylic acids is 1. The lowest BCUT2D eigenvalue weighted by Crippen LogP contribution is -2.37. The van der Waals surface area contributed by atoms with E-state index in [1.54, 1.807) is 6.92 Å². The van der Waals surface area contributed by atoms with E-state index in [1.807, 2.05) is 0 Å². The van der Waals surface area contributed by atoms with Crippen molar-refractivity contribution in [1.29, 1.82) is 0 Å². The van der Waals surface area contributed by atoms with Crippen LogP contribution >= 0.6 is 11.6 Å². The van der Waals surface area contributed by atoms with E-state index in [4.69, 9.17) is 11.6 Å². The van der Waals surface area contributed by atoms with Gasteiger partial charge >= 0.3 is 11.7 Å². The molecule has 0 atom stereocenters. The third-order valence-corrected chi connectivity index (χ3v) is 4.07. The second-order valence-corrected chi connectivity index (χ2v) is 5.75. The van der Waals surface area contributed by atoms with Gasteiger partial charge in [0.1, 0.15) is 6.20 Å². The molecule has 0 unspecified atom stereocenters. The fraction of sp³-hybridized carbons (Fsp3) is 0.583. The average molecular weight is 315 g/mol. The molecule has 8 nitrogen and oxygen atoms in total. The maximum atomic E-state index is 11.2. The molecule has 114 valence electrons. The van der Waals surface area contributed by atoms with Gasteiger partial charge in [0.2, 0.25) is 11.1 Å². The van der Waals surface area contributed by atoms with E-state index in [0.29, 0.717) is 25.7 Å². The van der Waals surface area contributed by atoms with Crippen LogP contribution in [0.5, 0.6) is 0 Å². The first-order chi connectivity index (χ1) is 9.82. The van der Waals surface area contributed by atoms with Crippen LogP contribution in [0.2, 0.25) is 5.28 Å². The van der Waals surface area contributed by atoms with Crippen molar-refractivity contribution < 1.29 is 14.8 Å². The number of nitrogens with one attached hydrogen (secondary N) is 1. The molecule has 0 aromatic carbocycles. The van der Waals surface area contributed by atoms with Crippen molar-refractivity contribution in [3.05, 3.63) is 21.6 Å². The Morgan fingerprint density at radius 2 is 2.19 bits per heavy atom.